The maximum Gasteiger partial charge on any atom is 0.333 e. The van der Waals surface area contributed by atoms with Crippen LogP contribution >= 0.6 is 0 Å². The van der Waals surface area contributed by atoms with Crippen molar-refractivity contribution in [3.05, 3.63) is 12.2 Å². The first-order valence-corrected chi connectivity index (χ1v) is 19.6. The topological polar surface area (TPSA) is 66.5 Å². The lowest BCUT2D eigenvalue weighted by Gasteiger charge is -2.52. The number of carbonyl (C=O) groups is 1. The zero-order chi connectivity index (χ0) is 26.8. The van der Waals surface area contributed by atoms with Gasteiger partial charge in [-0.05, 0) is 57.7 Å². The van der Waals surface area contributed by atoms with E-state index in [1.54, 1.807) is 6.92 Å². The van der Waals surface area contributed by atoms with Gasteiger partial charge in [-0.1, -0.05) is 52.9 Å². The SMILES string of the molecule is C=C(C)C(=O)OCCOCCCC(C)(CC)[Si](C)(C)OC(C)(CC)[Si](C)(C)CCCOCC1CO1. The van der Waals surface area contributed by atoms with Crippen LogP contribution in [0.25, 0.3) is 0 Å². The van der Waals surface area contributed by atoms with Gasteiger partial charge in [0.1, 0.15) is 12.7 Å². The molecule has 0 spiro atoms. The van der Waals surface area contributed by atoms with Crippen molar-refractivity contribution in [3.63, 3.8) is 0 Å². The van der Waals surface area contributed by atoms with E-state index < -0.39 is 16.4 Å². The highest BCUT2D eigenvalue weighted by Gasteiger charge is 2.51. The second-order valence-electron chi connectivity index (χ2n) is 11.8. The average molecular weight is 531 g/mol. The van der Waals surface area contributed by atoms with Gasteiger partial charge >= 0.3 is 5.97 Å². The molecule has 0 aromatic carbocycles. The van der Waals surface area contributed by atoms with Crippen molar-refractivity contribution in [3.8, 4) is 0 Å². The number of ether oxygens (including phenoxy) is 4. The van der Waals surface area contributed by atoms with Crippen LogP contribution < -0.4 is 0 Å². The van der Waals surface area contributed by atoms with Gasteiger partial charge in [-0.25, -0.2) is 4.79 Å². The third-order valence-corrected chi connectivity index (χ3v) is 18.0. The van der Waals surface area contributed by atoms with E-state index in [0.717, 1.165) is 51.9 Å². The zero-order valence-electron chi connectivity index (χ0n) is 24.2. The Bertz CT molecular complexity index is 664. The molecule has 3 atom stereocenters. The van der Waals surface area contributed by atoms with Crippen LogP contribution in [-0.4, -0.2) is 73.3 Å². The predicted octanol–water partition coefficient (Wildman–Crippen LogP) is 6.52. The largest absolute Gasteiger partial charge is 0.460 e. The van der Waals surface area contributed by atoms with Gasteiger partial charge in [0, 0.05) is 24.0 Å². The molecule has 0 aliphatic carbocycles. The third kappa shape index (κ3) is 10.4. The lowest BCUT2D eigenvalue weighted by Crippen LogP contribution is -2.60. The Morgan fingerprint density at radius 3 is 2.17 bits per heavy atom. The quantitative estimate of drug-likeness (QED) is 0.0587. The average Bonchev–Trinajstić information content (AvgIpc) is 3.61. The molecule has 0 saturated carbocycles. The predicted molar refractivity (Wildman–Crippen MR) is 149 cm³/mol. The molecule has 1 aliphatic heterocycles. The van der Waals surface area contributed by atoms with Crippen LogP contribution in [0, 0.1) is 0 Å². The van der Waals surface area contributed by atoms with Crippen molar-refractivity contribution in [1.29, 1.82) is 0 Å². The Hall–Kier alpha value is -0.516. The molecular weight excluding hydrogens is 476 g/mol. The summed E-state index contributed by atoms with van der Waals surface area (Å²) in [6, 6.07) is 1.21. The maximum atomic E-state index is 11.4. The Labute approximate surface area is 217 Å². The minimum absolute atomic E-state index is 0.0532. The van der Waals surface area contributed by atoms with E-state index in [-0.39, 0.29) is 22.8 Å². The van der Waals surface area contributed by atoms with E-state index in [9.17, 15) is 4.79 Å². The number of rotatable bonds is 20. The van der Waals surface area contributed by atoms with Crippen molar-refractivity contribution >= 4 is 22.4 Å². The minimum Gasteiger partial charge on any atom is -0.460 e. The molecule has 1 fully saturated rings. The molecule has 0 aromatic rings. The summed E-state index contributed by atoms with van der Waals surface area (Å²) >= 11 is 0. The van der Waals surface area contributed by atoms with Crippen molar-refractivity contribution in [2.24, 2.45) is 0 Å². The van der Waals surface area contributed by atoms with Crippen molar-refractivity contribution in [1.82, 2.24) is 0 Å². The van der Waals surface area contributed by atoms with Crippen LogP contribution in [0.3, 0.4) is 0 Å². The Kier molecular flexibility index (Phi) is 13.4. The summed E-state index contributed by atoms with van der Waals surface area (Å²) in [5.74, 6) is -0.358. The lowest BCUT2D eigenvalue weighted by atomic mass is 10.0. The highest BCUT2D eigenvalue weighted by Crippen LogP contribution is 2.49. The standard InChI is InChI=1S/C27H54O6Si2/c1-11-26(5,15-13-16-29-18-19-31-25(28)23(3)4)35(9,10)33-27(6,12-2)34(7,8)20-14-17-30-21-24-22-32-24/h24H,3,11-22H2,1-2,4-10H3. The highest BCUT2D eigenvalue weighted by atomic mass is 28.4. The molecule has 0 N–H and O–H groups in total. The van der Waals surface area contributed by atoms with E-state index in [4.69, 9.17) is 23.4 Å². The maximum absolute atomic E-state index is 11.4. The molecule has 0 radical (unpaired) electrons. The van der Waals surface area contributed by atoms with Crippen LogP contribution in [0.15, 0.2) is 12.2 Å². The Morgan fingerprint density at radius 2 is 1.63 bits per heavy atom. The van der Waals surface area contributed by atoms with Gasteiger partial charge in [-0.3, -0.25) is 0 Å². The Balaban J connectivity index is 2.57. The van der Waals surface area contributed by atoms with Gasteiger partial charge < -0.3 is 23.4 Å². The summed E-state index contributed by atoms with van der Waals surface area (Å²) in [7, 11) is -3.70. The molecule has 3 unspecified atom stereocenters. The number of hydrogen-bond acceptors (Lipinski definition) is 6. The van der Waals surface area contributed by atoms with Crippen molar-refractivity contribution in [2.45, 2.75) is 115 Å². The fraction of sp³-hybridized carbons (Fsp3) is 0.889. The van der Waals surface area contributed by atoms with Gasteiger partial charge in [-0.15, -0.1) is 0 Å². The Morgan fingerprint density at radius 1 is 1.00 bits per heavy atom. The molecule has 6 nitrogen and oxygen atoms in total. The molecule has 206 valence electrons. The first kappa shape index (κ1) is 32.5. The lowest BCUT2D eigenvalue weighted by molar-refractivity contribution is -0.140. The molecule has 0 amide bonds. The van der Waals surface area contributed by atoms with E-state index >= 15 is 0 Å². The van der Waals surface area contributed by atoms with Crippen LogP contribution in [0.1, 0.15) is 66.7 Å². The molecule has 1 saturated heterocycles. The summed E-state index contributed by atoms with van der Waals surface area (Å²) in [6.07, 6.45) is 5.63. The summed E-state index contributed by atoms with van der Waals surface area (Å²) in [4.78, 5) is 11.4. The van der Waals surface area contributed by atoms with E-state index in [1.807, 2.05) is 0 Å². The summed E-state index contributed by atoms with van der Waals surface area (Å²) < 4.78 is 29.1. The smallest absolute Gasteiger partial charge is 0.333 e. The second-order valence-corrected chi connectivity index (χ2v) is 21.5. The minimum atomic E-state index is -2.03. The summed E-state index contributed by atoms with van der Waals surface area (Å²) in [6.45, 7) is 28.2. The van der Waals surface area contributed by atoms with Gasteiger partial charge in [0.2, 0.25) is 0 Å². The van der Waals surface area contributed by atoms with Crippen molar-refractivity contribution in [2.75, 3.05) is 39.6 Å². The molecule has 35 heavy (non-hydrogen) atoms. The highest BCUT2D eigenvalue weighted by molar-refractivity contribution is 6.82. The van der Waals surface area contributed by atoms with Gasteiger partial charge in [0.15, 0.2) is 8.32 Å². The van der Waals surface area contributed by atoms with E-state index in [0.29, 0.717) is 24.9 Å². The van der Waals surface area contributed by atoms with Gasteiger partial charge in [-0.2, -0.15) is 0 Å². The second kappa shape index (κ2) is 14.4. The number of carbonyl (C=O) groups excluding carboxylic acids is 1. The van der Waals surface area contributed by atoms with E-state index in [2.05, 4.69) is 60.5 Å². The fourth-order valence-electron chi connectivity index (χ4n) is 4.52. The van der Waals surface area contributed by atoms with E-state index in [1.165, 1.54) is 6.04 Å². The molecular formula is C27H54O6Si2. The van der Waals surface area contributed by atoms with Gasteiger partial charge in [0.05, 0.1) is 27.9 Å². The monoisotopic (exact) mass is 530 g/mol. The molecule has 0 aromatic heterocycles. The first-order valence-electron chi connectivity index (χ1n) is 13.5. The van der Waals surface area contributed by atoms with Crippen molar-refractivity contribution < 1.29 is 28.2 Å². The summed E-state index contributed by atoms with van der Waals surface area (Å²) in [5.41, 5.74) is 0.415. The van der Waals surface area contributed by atoms with Crippen LogP contribution in [-0.2, 0) is 28.2 Å². The van der Waals surface area contributed by atoms with Crippen LogP contribution in [0.2, 0.25) is 37.3 Å². The molecule has 1 aliphatic rings. The molecule has 1 rings (SSSR count). The molecule has 0 bridgehead atoms. The fourth-order valence-corrected chi connectivity index (χ4v) is 12.1. The third-order valence-electron chi connectivity index (χ3n) is 8.44. The van der Waals surface area contributed by atoms with Crippen LogP contribution in [0.5, 0.6) is 0 Å². The number of hydrogen-bond donors (Lipinski definition) is 0. The van der Waals surface area contributed by atoms with Gasteiger partial charge in [0.25, 0.3) is 0 Å². The number of esters is 1. The zero-order valence-corrected chi connectivity index (χ0v) is 26.2. The van der Waals surface area contributed by atoms with Crippen LogP contribution in [0.4, 0.5) is 0 Å². The first-order chi connectivity index (χ1) is 16.2. The summed E-state index contributed by atoms with van der Waals surface area (Å²) in [5, 5.41) is 0.111. The normalized spacial score (nSPS) is 19.6. The molecule has 8 heteroatoms. The number of epoxide rings is 1. The molecule has 1 heterocycles.